The Kier molecular flexibility index (Phi) is 3.01. The SMILES string of the molecule is NNC(=NC1CC1)c1ccc(C(F)(F)F)cn1. The van der Waals surface area contributed by atoms with Gasteiger partial charge in [-0.2, -0.15) is 13.2 Å². The molecule has 92 valence electrons. The van der Waals surface area contributed by atoms with Gasteiger partial charge in [-0.1, -0.05) is 0 Å². The third-order valence-electron chi connectivity index (χ3n) is 2.33. The number of rotatable bonds is 2. The van der Waals surface area contributed by atoms with E-state index in [1.807, 2.05) is 0 Å². The molecule has 2 rings (SSSR count). The molecule has 1 aromatic rings. The van der Waals surface area contributed by atoms with E-state index < -0.39 is 11.7 Å². The van der Waals surface area contributed by atoms with Gasteiger partial charge in [0.15, 0.2) is 5.84 Å². The molecular weight excluding hydrogens is 233 g/mol. The van der Waals surface area contributed by atoms with Gasteiger partial charge in [-0.25, -0.2) is 5.84 Å². The summed E-state index contributed by atoms with van der Waals surface area (Å²) in [4.78, 5) is 7.91. The van der Waals surface area contributed by atoms with Crippen molar-refractivity contribution < 1.29 is 13.2 Å². The highest BCUT2D eigenvalue weighted by Crippen LogP contribution is 2.28. The van der Waals surface area contributed by atoms with Gasteiger partial charge in [0.2, 0.25) is 0 Å². The van der Waals surface area contributed by atoms with E-state index >= 15 is 0 Å². The zero-order chi connectivity index (χ0) is 12.5. The molecule has 3 N–H and O–H groups in total. The quantitative estimate of drug-likeness (QED) is 0.358. The molecule has 0 radical (unpaired) electrons. The second kappa shape index (κ2) is 4.33. The fourth-order valence-electron chi connectivity index (χ4n) is 1.27. The van der Waals surface area contributed by atoms with E-state index in [2.05, 4.69) is 15.4 Å². The Morgan fingerprint density at radius 1 is 1.41 bits per heavy atom. The van der Waals surface area contributed by atoms with Crippen LogP contribution in [0.2, 0.25) is 0 Å². The minimum Gasteiger partial charge on any atom is -0.307 e. The van der Waals surface area contributed by atoms with E-state index in [9.17, 15) is 13.2 Å². The van der Waals surface area contributed by atoms with Gasteiger partial charge in [-0.15, -0.1) is 0 Å². The molecule has 1 heterocycles. The molecule has 1 aliphatic rings. The van der Waals surface area contributed by atoms with Crippen molar-refractivity contribution >= 4 is 5.84 Å². The van der Waals surface area contributed by atoms with Crippen molar-refractivity contribution in [2.24, 2.45) is 10.8 Å². The molecular formula is C10H11F3N4. The number of pyridine rings is 1. The van der Waals surface area contributed by atoms with E-state index in [1.54, 1.807) is 0 Å². The maximum atomic E-state index is 12.3. The zero-order valence-electron chi connectivity index (χ0n) is 8.83. The number of aromatic nitrogens is 1. The Balaban J connectivity index is 2.21. The molecule has 0 aliphatic heterocycles. The smallest absolute Gasteiger partial charge is 0.307 e. The van der Waals surface area contributed by atoms with Crippen LogP contribution in [0.25, 0.3) is 0 Å². The number of alkyl halides is 3. The Morgan fingerprint density at radius 2 is 2.12 bits per heavy atom. The summed E-state index contributed by atoms with van der Waals surface area (Å²) in [5.41, 5.74) is 1.88. The number of hydrogen-bond donors (Lipinski definition) is 2. The van der Waals surface area contributed by atoms with Gasteiger partial charge in [0.25, 0.3) is 0 Å². The standard InChI is InChI=1S/C10H11F3N4/c11-10(12,13)6-1-4-8(15-5-6)9(17-14)16-7-2-3-7/h1,4-5,7H,2-3,14H2,(H,16,17). The average molecular weight is 244 g/mol. The fraction of sp³-hybridized carbons (Fsp3) is 0.400. The minimum atomic E-state index is -4.38. The van der Waals surface area contributed by atoms with E-state index in [-0.39, 0.29) is 6.04 Å². The molecule has 7 heteroatoms. The highest BCUT2D eigenvalue weighted by molar-refractivity contribution is 5.96. The van der Waals surface area contributed by atoms with E-state index in [0.29, 0.717) is 11.5 Å². The summed E-state index contributed by atoms with van der Waals surface area (Å²) in [6, 6.07) is 2.43. The zero-order valence-corrected chi connectivity index (χ0v) is 8.83. The van der Waals surface area contributed by atoms with Crippen LogP contribution in [0, 0.1) is 0 Å². The second-order valence-electron chi connectivity index (χ2n) is 3.78. The third kappa shape index (κ3) is 2.94. The number of nitrogens with zero attached hydrogens (tertiary/aromatic N) is 2. The molecule has 0 aromatic carbocycles. The predicted octanol–water partition coefficient (Wildman–Crippen LogP) is 1.47. The van der Waals surface area contributed by atoms with Crippen LogP contribution in [0.3, 0.4) is 0 Å². The fourth-order valence-corrected chi connectivity index (χ4v) is 1.27. The van der Waals surface area contributed by atoms with E-state index in [1.165, 1.54) is 6.07 Å². The van der Waals surface area contributed by atoms with Crippen LogP contribution < -0.4 is 11.3 Å². The number of amidine groups is 1. The first-order chi connectivity index (χ1) is 8.00. The van der Waals surface area contributed by atoms with Crippen LogP contribution in [-0.4, -0.2) is 16.9 Å². The lowest BCUT2D eigenvalue weighted by molar-refractivity contribution is -0.137. The van der Waals surface area contributed by atoms with Gasteiger partial charge >= 0.3 is 6.18 Å². The lowest BCUT2D eigenvalue weighted by Crippen LogP contribution is -2.32. The third-order valence-corrected chi connectivity index (χ3v) is 2.33. The normalized spacial score (nSPS) is 17.1. The molecule has 0 atom stereocenters. The highest BCUT2D eigenvalue weighted by Gasteiger charge is 2.31. The van der Waals surface area contributed by atoms with Crippen molar-refractivity contribution in [3.8, 4) is 0 Å². The molecule has 1 aliphatic carbocycles. The van der Waals surface area contributed by atoms with Crippen molar-refractivity contribution in [2.75, 3.05) is 0 Å². The van der Waals surface area contributed by atoms with Gasteiger partial charge in [0, 0.05) is 6.20 Å². The van der Waals surface area contributed by atoms with Crippen LogP contribution in [0.1, 0.15) is 24.1 Å². The maximum Gasteiger partial charge on any atom is 0.417 e. The maximum absolute atomic E-state index is 12.3. The van der Waals surface area contributed by atoms with Crippen LogP contribution in [0.5, 0.6) is 0 Å². The number of nitrogens with two attached hydrogens (primary N) is 1. The molecule has 1 saturated carbocycles. The first kappa shape index (κ1) is 11.8. The number of nitrogens with one attached hydrogen (secondary N) is 1. The van der Waals surface area contributed by atoms with Gasteiger partial charge < -0.3 is 5.43 Å². The van der Waals surface area contributed by atoms with Crippen molar-refractivity contribution in [3.05, 3.63) is 29.6 Å². The summed E-state index contributed by atoms with van der Waals surface area (Å²) >= 11 is 0. The first-order valence-corrected chi connectivity index (χ1v) is 5.09. The summed E-state index contributed by atoms with van der Waals surface area (Å²) in [6.45, 7) is 0. The number of aliphatic imine (C=N–C) groups is 1. The van der Waals surface area contributed by atoms with Crippen LogP contribution >= 0.6 is 0 Å². The van der Waals surface area contributed by atoms with Crippen LogP contribution in [0.4, 0.5) is 13.2 Å². The van der Waals surface area contributed by atoms with E-state index in [0.717, 1.165) is 25.1 Å². The van der Waals surface area contributed by atoms with Crippen LogP contribution in [-0.2, 0) is 6.18 Å². The Labute approximate surface area is 95.7 Å². The Bertz CT molecular complexity index is 420. The van der Waals surface area contributed by atoms with Crippen molar-refractivity contribution in [2.45, 2.75) is 25.1 Å². The molecule has 1 fully saturated rings. The lowest BCUT2D eigenvalue weighted by Gasteiger charge is -2.08. The minimum absolute atomic E-state index is 0.213. The Hall–Kier alpha value is -1.63. The first-order valence-electron chi connectivity index (χ1n) is 5.09. The summed E-state index contributed by atoms with van der Waals surface area (Å²) in [7, 11) is 0. The van der Waals surface area contributed by atoms with E-state index in [4.69, 9.17) is 5.84 Å². The summed E-state index contributed by atoms with van der Waals surface area (Å²) in [6.07, 6.45) is -1.65. The molecule has 4 nitrogen and oxygen atoms in total. The van der Waals surface area contributed by atoms with Gasteiger partial charge in [-0.05, 0) is 25.0 Å². The summed E-state index contributed by atoms with van der Waals surface area (Å²) in [5, 5.41) is 0. The molecule has 0 saturated heterocycles. The summed E-state index contributed by atoms with van der Waals surface area (Å²) in [5.74, 6) is 5.58. The van der Waals surface area contributed by atoms with Gasteiger partial charge in [-0.3, -0.25) is 9.98 Å². The predicted molar refractivity (Wildman–Crippen MR) is 56.1 cm³/mol. The van der Waals surface area contributed by atoms with Gasteiger partial charge in [0.1, 0.15) is 5.69 Å². The van der Waals surface area contributed by atoms with Gasteiger partial charge in [0.05, 0.1) is 11.6 Å². The molecule has 17 heavy (non-hydrogen) atoms. The monoisotopic (exact) mass is 244 g/mol. The largest absolute Gasteiger partial charge is 0.417 e. The number of halogens is 3. The van der Waals surface area contributed by atoms with Crippen molar-refractivity contribution in [1.29, 1.82) is 0 Å². The lowest BCUT2D eigenvalue weighted by atomic mass is 10.2. The van der Waals surface area contributed by atoms with Crippen molar-refractivity contribution in [3.63, 3.8) is 0 Å². The average Bonchev–Trinajstić information content (AvgIpc) is 3.09. The molecule has 0 amide bonds. The summed E-state index contributed by atoms with van der Waals surface area (Å²) < 4.78 is 36.9. The molecule has 1 aromatic heterocycles. The van der Waals surface area contributed by atoms with Crippen molar-refractivity contribution in [1.82, 2.24) is 10.4 Å². The highest BCUT2D eigenvalue weighted by atomic mass is 19.4. The number of hydrogen-bond acceptors (Lipinski definition) is 3. The number of hydrazine groups is 1. The van der Waals surface area contributed by atoms with Crippen LogP contribution in [0.15, 0.2) is 23.3 Å². The second-order valence-corrected chi connectivity index (χ2v) is 3.78. The topological polar surface area (TPSA) is 63.3 Å². The molecule has 0 spiro atoms. The molecule has 0 bridgehead atoms. The Morgan fingerprint density at radius 3 is 2.53 bits per heavy atom. The molecule has 0 unspecified atom stereocenters.